The third-order valence-electron chi connectivity index (χ3n) is 4.26. The van der Waals surface area contributed by atoms with E-state index in [0.29, 0.717) is 18.2 Å². The molecule has 3 nitrogen and oxygen atoms in total. The van der Waals surface area contributed by atoms with Crippen molar-refractivity contribution in [2.24, 2.45) is 5.92 Å². The molecule has 2 heterocycles. The van der Waals surface area contributed by atoms with Crippen molar-refractivity contribution >= 4 is 23.5 Å². The van der Waals surface area contributed by atoms with Crippen molar-refractivity contribution in [1.29, 1.82) is 0 Å². The number of benzene rings is 1. The molecule has 7 heteroatoms. The molecule has 142 valence electrons. The molecular formula is C20H19F3N2OS. The Morgan fingerprint density at radius 1 is 1.22 bits per heavy atom. The van der Waals surface area contributed by atoms with Crippen molar-refractivity contribution in [3.63, 3.8) is 0 Å². The van der Waals surface area contributed by atoms with E-state index < -0.39 is 11.9 Å². The zero-order chi connectivity index (χ0) is 19.6. The molecule has 1 amide bonds. The molecular weight excluding hydrogens is 373 g/mol. The van der Waals surface area contributed by atoms with E-state index in [-0.39, 0.29) is 16.8 Å². The number of carbonyl (C=O) groups excluding carboxylic acids is 1. The van der Waals surface area contributed by atoms with Gasteiger partial charge in [-0.2, -0.15) is 8.78 Å². The highest BCUT2D eigenvalue weighted by molar-refractivity contribution is 8.00. The number of hydrogen-bond donors (Lipinski definition) is 0. The lowest BCUT2D eigenvalue weighted by Crippen LogP contribution is -2.31. The highest BCUT2D eigenvalue weighted by Gasteiger charge is 2.34. The average molecular weight is 392 g/mol. The van der Waals surface area contributed by atoms with E-state index in [1.165, 1.54) is 12.1 Å². The van der Waals surface area contributed by atoms with Crippen LogP contribution in [0.4, 0.5) is 13.2 Å². The molecule has 0 radical (unpaired) electrons. The molecule has 1 atom stereocenters. The number of thioether (sulfide) groups is 1. The Morgan fingerprint density at radius 3 is 2.56 bits per heavy atom. The van der Waals surface area contributed by atoms with Crippen LogP contribution in [0.1, 0.15) is 30.3 Å². The van der Waals surface area contributed by atoms with Gasteiger partial charge in [-0.25, -0.2) is 4.39 Å². The Balaban J connectivity index is 1.97. The van der Waals surface area contributed by atoms with Gasteiger partial charge in [0.15, 0.2) is 5.83 Å². The van der Waals surface area contributed by atoms with Crippen LogP contribution in [0.2, 0.25) is 0 Å². The number of halogens is 3. The standard InChI is InChI=1S/C20H19F3N2OS/c1-12(2)10-25-17(26)11-27-20(25)16-9-24-8-7-15(16)13-3-5-14(6-4-13)18(21)19(22)23/h3-9,12,20H,10-11H2,1-2H3. The summed E-state index contributed by atoms with van der Waals surface area (Å²) in [5, 5.41) is -0.150. The fourth-order valence-electron chi connectivity index (χ4n) is 3.07. The van der Waals surface area contributed by atoms with Gasteiger partial charge in [0, 0.05) is 30.1 Å². The maximum absolute atomic E-state index is 13.4. The van der Waals surface area contributed by atoms with Gasteiger partial charge < -0.3 is 4.90 Å². The molecule has 1 fully saturated rings. The molecule has 0 spiro atoms. The average Bonchev–Trinajstić information content (AvgIpc) is 3.01. The van der Waals surface area contributed by atoms with Crippen LogP contribution in [-0.2, 0) is 4.79 Å². The van der Waals surface area contributed by atoms with Crippen LogP contribution in [-0.4, -0.2) is 28.1 Å². The summed E-state index contributed by atoms with van der Waals surface area (Å²) in [6, 6.07) is 7.68. The molecule has 0 N–H and O–H groups in total. The topological polar surface area (TPSA) is 33.2 Å². The second-order valence-electron chi connectivity index (χ2n) is 6.72. The van der Waals surface area contributed by atoms with Crippen molar-refractivity contribution in [2.75, 3.05) is 12.3 Å². The zero-order valence-electron chi connectivity index (χ0n) is 15.0. The minimum absolute atomic E-state index is 0.0921. The van der Waals surface area contributed by atoms with Crippen LogP contribution in [0.5, 0.6) is 0 Å². The molecule has 0 aliphatic carbocycles. The van der Waals surface area contributed by atoms with Crippen LogP contribution >= 0.6 is 11.8 Å². The Kier molecular flexibility index (Phi) is 5.89. The Labute approximate surface area is 160 Å². The molecule has 1 aromatic heterocycles. The maximum atomic E-state index is 13.4. The summed E-state index contributed by atoms with van der Waals surface area (Å²) < 4.78 is 38.3. The fraction of sp³-hybridized carbons (Fsp3) is 0.300. The first-order chi connectivity index (χ1) is 12.9. The van der Waals surface area contributed by atoms with Gasteiger partial charge >= 0.3 is 6.08 Å². The van der Waals surface area contributed by atoms with E-state index in [1.54, 1.807) is 36.3 Å². The highest BCUT2D eigenvalue weighted by Crippen LogP contribution is 2.42. The van der Waals surface area contributed by atoms with Gasteiger partial charge in [0.25, 0.3) is 0 Å². The van der Waals surface area contributed by atoms with Gasteiger partial charge in [0.2, 0.25) is 5.91 Å². The number of rotatable bonds is 5. The second kappa shape index (κ2) is 8.17. The first kappa shape index (κ1) is 19.5. The van der Waals surface area contributed by atoms with Gasteiger partial charge in [-0.3, -0.25) is 9.78 Å². The van der Waals surface area contributed by atoms with E-state index in [1.807, 2.05) is 11.0 Å². The largest absolute Gasteiger partial charge is 0.325 e. The molecule has 0 bridgehead atoms. The number of amides is 1. The number of carbonyl (C=O) groups is 1. The lowest BCUT2D eigenvalue weighted by atomic mass is 9.99. The third-order valence-corrected chi connectivity index (χ3v) is 5.50. The monoisotopic (exact) mass is 392 g/mol. The molecule has 1 unspecified atom stereocenters. The predicted molar refractivity (Wildman–Crippen MR) is 102 cm³/mol. The van der Waals surface area contributed by atoms with Crippen molar-refractivity contribution in [3.8, 4) is 11.1 Å². The lowest BCUT2D eigenvalue weighted by Gasteiger charge is -2.27. The SMILES string of the molecule is CC(C)CN1C(=O)CSC1c1cnccc1-c1ccc(C(F)=C(F)F)cc1. The summed E-state index contributed by atoms with van der Waals surface area (Å²) in [4.78, 5) is 18.3. The summed E-state index contributed by atoms with van der Waals surface area (Å²) >= 11 is 1.54. The van der Waals surface area contributed by atoms with Crippen LogP contribution in [0.3, 0.4) is 0 Å². The molecule has 1 aliphatic heterocycles. The summed E-state index contributed by atoms with van der Waals surface area (Å²) in [6.45, 7) is 4.76. The highest BCUT2D eigenvalue weighted by atomic mass is 32.2. The van der Waals surface area contributed by atoms with E-state index in [4.69, 9.17) is 0 Å². The van der Waals surface area contributed by atoms with E-state index in [2.05, 4.69) is 18.8 Å². The number of pyridine rings is 1. The summed E-state index contributed by atoms with van der Waals surface area (Å²) in [6.07, 6.45) is 1.04. The second-order valence-corrected chi connectivity index (χ2v) is 7.79. The first-order valence-corrected chi connectivity index (χ1v) is 9.60. The molecule has 2 aromatic rings. The molecule has 3 rings (SSSR count). The van der Waals surface area contributed by atoms with Crippen LogP contribution in [0.15, 0.2) is 48.8 Å². The predicted octanol–water partition coefficient (Wildman–Crippen LogP) is 5.51. The van der Waals surface area contributed by atoms with Crippen LogP contribution < -0.4 is 0 Å². The van der Waals surface area contributed by atoms with Crippen LogP contribution in [0, 0.1) is 5.92 Å². The maximum Gasteiger partial charge on any atom is 0.306 e. The van der Waals surface area contributed by atoms with Gasteiger partial charge in [-0.05, 0) is 23.1 Å². The summed E-state index contributed by atoms with van der Waals surface area (Å²) in [5.41, 5.74) is 2.32. The van der Waals surface area contributed by atoms with Crippen molar-refractivity contribution in [3.05, 3.63) is 59.9 Å². The molecule has 27 heavy (non-hydrogen) atoms. The number of nitrogens with zero attached hydrogens (tertiary/aromatic N) is 2. The van der Waals surface area contributed by atoms with Crippen molar-refractivity contribution < 1.29 is 18.0 Å². The Hall–Kier alpha value is -2.28. The minimum atomic E-state index is -2.34. The number of hydrogen-bond acceptors (Lipinski definition) is 3. The molecule has 1 saturated heterocycles. The van der Waals surface area contributed by atoms with Gasteiger partial charge in [0.1, 0.15) is 5.37 Å². The molecule has 1 aromatic carbocycles. The molecule has 0 saturated carbocycles. The van der Waals surface area contributed by atoms with Gasteiger partial charge in [-0.1, -0.05) is 38.1 Å². The summed E-state index contributed by atoms with van der Waals surface area (Å²) in [5.74, 6) is -0.679. The van der Waals surface area contributed by atoms with E-state index in [0.717, 1.165) is 16.7 Å². The Bertz CT molecular complexity index is 864. The smallest absolute Gasteiger partial charge is 0.306 e. The quantitative estimate of drug-likeness (QED) is 0.672. The zero-order valence-corrected chi connectivity index (χ0v) is 15.8. The summed E-state index contributed by atoms with van der Waals surface area (Å²) in [7, 11) is 0. The minimum Gasteiger partial charge on any atom is -0.325 e. The normalized spacial score (nSPS) is 16.9. The Morgan fingerprint density at radius 2 is 1.93 bits per heavy atom. The van der Waals surface area contributed by atoms with E-state index in [9.17, 15) is 18.0 Å². The lowest BCUT2D eigenvalue weighted by molar-refractivity contribution is -0.128. The fourth-order valence-corrected chi connectivity index (χ4v) is 4.29. The van der Waals surface area contributed by atoms with Crippen molar-refractivity contribution in [2.45, 2.75) is 19.2 Å². The van der Waals surface area contributed by atoms with Crippen molar-refractivity contribution in [1.82, 2.24) is 9.88 Å². The van der Waals surface area contributed by atoms with Gasteiger partial charge in [0.05, 0.1) is 5.75 Å². The third kappa shape index (κ3) is 4.18. The van der Waals surface area contributed by atoms with E-state index >= 15 is 0 Å². The number of aromatic nitrogens is 1. The van der Waals surface area contributed by atoms with Crippen LogP contribution in [0.25, 0.3) is 17.0 Å². The first-order valence-electron chi connectivity index (χ1n) is 8.55. The molecule has 1 aliphatic rings. The van der Waals surface area contributed by atoms with Gasteiger partial charge in [-0.15, -0.1) is 11.8 Å².